The van der Waals surface area contributed by atoms with Crippen molar-refractivity contribution < 1.29 is 9.47 Å². The summed E-state index contributed by atoms with van der Waals surface area (Å²) < 4.78 is 10.9. The van der Waals surface area contributed by atoms with Crippen LogP contribution in [0, 0.1) is 0 Å². The van der Waals surface area contributed by atoms with E-state index in [1.807, 2.05) is 19.2 Å². The summed E-state index contributed by atoms with van der Waals surface area (Å²) in [6.45, 7) is 10.5. The second kappa shape index (κ2) is 12.7. The topological polar surface area (TPSA) is 61.4 Å². The molecule has 1 fully saturated rings. The van der Waals surface area contributed by atoms with Gasteiger partial charge in [0.05, 0.1) is 26.4 Å². The van der Waals surface area contributed by atoms with E-state index >= 15 is 0 Å². The first-order valence-electron chi connectivity index (χ1n) is 10.7. The molecule has 2 N–H and O–H groups in total. The van der Waals surface area contributed by atoms with Crippen LogP contribution in [0.15, 0.2) is 29.3 Å². The van der Waals surface area contributed by atoms with E-state index in [0.717, 1.165) is 64.1 Å². The molecule has 1 aliphatic rings. The summed E-state index contributed by atoms with van der Waals surface area (Å²) >= 11 is 0. The van der Waals surface area contributed by atoms with Crippen LogP contribution in [-0.4, -0.2) is 88.9 Å². The highest BCUT2D eigenvalue weighted by Gasteiger charge is 2.23. The Hall–Kier alpha value is -1.83. The number of nitrogens with zero attached hydrogens (tertiary/aromatic N) is 3. The molecule has 1 aliphatic heterocycles. The lowest BCUT2D eigenvalue weighted by Gasteiger charge is -2.35. The van der Waals surface area contributed by atoms with Crippen molar-refractivity contribution in [1.29, 1.82) is 0 Å². The molecule has 1 heterocycles. The monoisotopic (exact) mass is 405 g/mol. The lowest BCUT2D eigenvalue weighted by Crippen LogP contribution is -2.47. The Kier molecular flexibility index (Phi) is 10.2. The molecular weight excluding hydrogens is 366 g/mol. The maximum atomic E-state index is 5.55. The van der Waals surface area contributed by atoms with Crippen LogP contribution in [0.25, 0.3) is 0 Å². The predicted molar refractivity (Wildman–Crippen MR) is 120 cm³/mol. The number of likely N-dealkylation sites (N-methyl/N-ethyl adjacent to an activating group) is 1. The minimum atomic E-state index is 0.256. The molecule has 1 aromatic rings. The van der Waals surface area contributed by atoms with Gasteiger partial charge in [0.15, 0.2) is 5.96 Å². The van der Waals surface area contributed by atoms with Gasteiger partial charge in [0.2, 0.25) is 0 Å². The normalized spacial score (nSPS) is 17.8. The number of ether oxygens (including phenoxy) is 2. The molecule has 2 atom stereocenters. The number of rotatable bonds is 10. The largest absolute Gasteiger partial charge is 0.497 e. The minimum absolute atomic E-state index is 0.256. The van der Waals surface area contributed by atoms with Crippen LogP contribution in [0.4, 0.5) is 0 Å². The highest BCUT2D eigenvalue weighted by molar-refractivity contribution is 5.79. The van der Waals surface area contributed by atoms with Crippen LogP contribution in [0.2, 0.25) is 0 Å². The molecule has 2 unspecified atom stereocenters. The molecule has 0 aromatic heterocycles. The molecule has 7 nitrogen and oxygen atoms in total. The number of nitrogens with one attached hydrogen (secondary N) is 2. The fraction of sp³-hybridized carbons (Fsp3) is 0.682. The summed E-state index contributed by atoms with van der Waals surface area (Å²) in [5, 5.41) is 6.96. The SMILES string of the molecule is CCC(C)N(C)CCNC(=NC)NCC(c1ccc(OC)cc1)N1CCOCC1. The molecule has 164 valence electrons. The maximum Gasteiger partial charge on any atom is 0.191 e. The van der Waals surface area contributed by atoms with Crippen molar-refractivity contribution >= 4 is 5.96 Å². The van der Waals surface area contributed by atoms with Gasteiger partial charge in [0, 0.05) is 45.8 Å². The summed E-state index contributed by atoms with van der Waals surface area (Å²) in [7, 11) is 5.69. The number of hydrogen-bond acceptors (Lipinski definition) is 5. The zero-order valence-corrected chi connectivity index (χ0v) is 18.8. The van der Waals surface area contributed by atoms with E-state index in [4.69, 9.17) is 9.47 Å². The van der Waals surface area contributed by atoms with E-state index in [2.05, 4.69) is 58.5 Å². The summed E-state index contributed by atoms with van der Waals surface area (Å²) in [4.78, 5) is 9.24. The molecule has 1 saturated heterocycles. The van der Waals surface area contributed by atoms with E-state index in [1.54, 1.807) is 7.11 Å². The van der Waals surface area contributed by atoms with Crippen LogP contribution in [0.1, 0.15) is 31.9 Å². The first kappa shape index (κ1) is 23.4. The third-order valence-corrected chi connectivity index (χ3v) is 5.77. The zero-order valence-electron chi connectivity index (χ0n) is 18.8. The molecule has 0 saturated carbocycles. The molecule has 29 heavy (non-hydrogen) atoms. The van der Waals surface area contributed by atoms with Crippen molar-refractivity contribution in [2.24, 2.45) is 4.99 Å². The predicted octanol–water partition coefficient (Wildman–Crippen LogP) is 1.96. The molecule has 7 heteroatoms. The molecule has 2 rings (SSSR count). The van der Waals surface area contributed by atoms with Crippen LogP contribution in [0.5, 0.6) is 5.75 Å². The standard InChI is InChI=1S/C22H39N5O2/c1-6-18(2)26(4)12-11-24-22(23-3)25-17-21(27-13-15-29-16-14-27)19-7-9-20(28-5)10-8-19/h7-10,18,21H,6,11-17H2,1-5H3,(H2,23,24,25). The number of aliphatic imine (C=N–C) groups is 1. The fourth-order valence-electron chi connectivity index (χ4n) is 3.47. The summed E-state index contributed by atoms with van der Waals surface area (Å²) in [5.74, 6) is 1.72. The number of hydrogen-bond donors (Lipinski definition) is 2. The summed E-state index contributed by atoms with van der Waals surface area (Å²) in [5.41, 5.74) is 1.27. The van der Waals surface area contributed by atoms with Crippen molar-refractivity contribution in [3.05, 3.63) is 29.8 Å². The number of methoxy groups -OCH3 is 1. The van der Waals surface area contributed by atoms with Gasteiger partial charge < -0.3 is 25.0 Å². The van der Waals surface area contributed by atoms with Gasteiger partial charge in [0.1, 0.15) is 5.75 Å². The third kappa shape index (κ3) is 7.49. The maximum absolute atomic E-state index is 5.55. The van der Waals surface area contributed by atoms with E-state index in [0.29, 0.717) is 6.04 Å². The van der Waals surface area contributed by atoms with E-state index in [9.17, 15) is 0 Å². The third-order valence-electron chi connectivity index (χ3n) is 5.77. The Labute approximate surface area is 176 Å². The fourth-order valence-corrected chi connectivity index (χ4v) is 3.47. The first-order chi connectivity index (χ1) is 14.1. The van der Waals surface area contributed by atoms with Gasteiger partial charge in [-0.1, -0.05) is 19.1 Å². The smallest absolute Gasteiger partial charge is 0.191 e. The van der Waals surface area contributed by atoms with Crippen molar-refractivity contribution in [2.45, 2.75) is 32.4 Å². The highest BCUT2D eigenvalue weighted by atomic mass is 16.5. The van der Waals surface area contributed by atoms with Gasteiger partial charge in [-0.25, -0.2) is 0 Å². The molecule has 0 aliphatic carbocycles. The quantitative estimate of drug-likeness (QED) is 0.458. The number of guanidine groups is 1. The van der Waals surface area contributed by atoms with Crippen molar-refractivity contribution in [3.8, 4) is 5.75 Å². The van der Waals surface area contributed by atoms with Crippen molar-refractivity contribution in [2.75, 3.05) is 67.1 Å². The zero-order chi connectivity index (χ0) is 21.1. The van der Waals surface area contributed by atoms with Gasteiger partial charge in [-0.05, 0) is 38.1 Å². The molecule has 0 spiro atoms. The molecular formula is C22H39N5O2. The van der Waals surface area contributed by atoms with Crippen LogP contribution >= 0.6 is 0 Å². The van der Waals surface area contributed by atoms with Gasteiger partial charge in [0.25, 0.3) is 0 Å². The highest BCUT2D eigenvalue weighted by Crippen LogP contribution is 2.23. The Bertz CT molecular complexity index is 602. The second-order valence-corrected chi connectivity index (χ2v) is 7.56. The van der Waals surface area contributed by atoms with E-state index in [1.165, 1.54) is 5.56 Å². The van der Waals surface area contributed by atoms with Crippen molar-refractivity contribution in [3.63, 3.8) is 0 Å². The van der Waals surface area contributed by atoms with Gasteiger partial charge in [-0.2, -0.15) is 0 Å². The Morgan fingerprint density at radius 3 is 2.52 bits per heavy atom. The number of morpholine rings is 1. The van der Waals surface area contributed by atoms with Crippen molar-refractivity contribution in [1.82, 2.24) is 20.4 Å². The average molecular weight is 406 g/mol. The van der Waals surface area contributed by atoms with E-state index < -0.39 is 0 Å². The van der Waals surface area contributed by atoms with Crippen LogP contribution in [-0.2, 0) is 4.74 Å². The second-order valence-electron chi connectivity index (χ2n) is 7.56. The van der Waals surface area contributed by atoms with Gasteiger partial charge >= 0.3 is 0 Å². The van der Waals surface area contributed by atoms with Crippen LogP contribution < -0.4 is 15.4 Å². The Morgan fingerprint density at radius 2 is 1.93 bits per heavy atom. The Morgan fingerprint density at radius 1 is 1.24 bits per heavy atom. The lowest BCUT2D eigenvalue weighted by molar-refractivity contribution is 0.0170. The van der Waals surface area contributed by atoms with Crippen LogP contribution in [0.3, 0.4) is 0 Å². The van der Waals surface area contributed by atoms with Gasteiger partial charge in [-0.3, -0.25) is 9.89 Å². The summed E-state index contributed by atoms with van der Waals surface area (Å²) in [6, 6.07) is 9.20. The summed E-state index contributed by atoms with van der Waals surface area (Å²) in [6.07, 6.45) is 1.16. The lowest BCUT2D eigenvalue weighted by atomic mass is 10.0. The molecule has 0 bridgehead atoms. The Balaban J connectivity index is 1.94. The molecule has 0 amide bonds. The molecule has 1 aromatic carbocycles. The molecule has 0 radical (unpaired) electrons. The first-order valence-corrected chi connectivity index (χ1v) is 10.7. The minimum Gasteiger partial charge on any atom is -0.497 e. The van der Waals surface area contributed by atoms with E-state index in [-0.39, 0.29) is 6.04 Å². The van der Waals surface area contributed by atoms with Gasteiger partial charge in [-0.15, -0.1) is 0 Å². The average Bonchev–Trinajstić information content (AvgIpc) is 2.78. The number of benzene rings is 1.